The lowest BCUT2D eigenvalue weighted by molar-refractivity contribution is 0.347. The first kappa shape index (κ1) is 19.8. The van der Waals surface area contributed by atoms with E-state index in [0.29, 0.717) is 11.5 Å². The second-order valence-electron chi connectivity index (χ2n) is 7.82. The van der Waals surface area contributed by atoms with Gasteiger partial charge in [0.15, 0.2) is 0 Å². The fraction of sp³-hybridized carbons (Fsp3) is 0.304. The van der Waals surface area contributed by atoms with Crippen LogP contribution in [-0.4, -0.2) is 10.2 Å². The molecule has 0 bridgehead atoms. The topological polar surface area (TPSA) is 40.5 Å². The minimum absolute atomic E-state index is 0.0181. The Hall–Kier alpha value is -1.91. The molecule has 2 nitrogen and oxygen atoms in total. The number of aryl methyl sites for hydroxylation is 1. The zero-order chi connectivity index (χ0) is 19.6. The Kier molecular flexibility index (Phi) is 5.87. The molecule has 1 atom stereocenters. The van der Waals surface area contributed by atoms with Gasteiger partial charge in [-0.1, -0.05) is 39.5 Å². The number of aromatic hydroxyl groups is 2. The average Bonchev–Trinajstić information content (AvgIpc) is 3.12. The summed E-state index contributed by atoms with van der Waals surface area (Å²) in [6.07, 6.45) is 0.797. The molecule has 1 heterocycles. The number of phenolic OH excluding ortho intramolecular Hbond substituents is 2. The summed E-state index contributed by atoms with van der Waals surface area (Å²) in [6.45, 7) is 8.67. The highest BCUT2D eigenvalue weighted by Gasteiger charge is 2.30. The zero-order valence-corrected chi connectivity index (χ0v) is 17.8. The molecule has 3 rings (SSSR count). The van der Waals surface area contributed by atoms with Crippen LogP contribution in [0.15, 0.2) is 63.0 Å². The Balaban J connectivity index is 1.99. The van der Waals surface area contributed by atoms with Crippen LogP contribution in [0.3, 0.4) is 0 Å². The molecule has 2 N–H and O–H groups in total. The molecular weight excluding hydrogens is 372 g/mol. The van der Waals surface area contributed by atoms with Crippen molar-refractivity contribution in [3.05, 3.63) is 69.9 Å². The van der Waals surface area contributed by atoms with Crippen LogP contribution in [0.1, 0.15) is 50.3 Å². The van der Waals surface area contributed by atoms with Crippen LogP contribution in [0.4, 0.5) is 0 Å². The second kappa shape index (κ2) is 7.99. The van der Waals surface area contributed by atoms with Gasteiger partial charge >= 0.3 is 0 Å². The molecule has 142 valence electrons. The summed E-state index contributed by atoms with van der Waals surface area (Å²) in [5.41, 5.74) is 3.13. The summed E-state index contributed by atoms with van der Waals surface area (Å²) in [5.74, 6) is 0.805. The number of benzene rings is 2. The van der Waals surface area contributed by atoms with E-state index in [0.717, 1.165) is 27.3 Å². The lowest BCUT2D eigenvalue weighted by Gasteiger charge is -2.31. The molecule has 1 unspecified atom stereocenters. The van der Waals surface area contributed by atoms with Crippen molar-refractivity contribution in [1.82, 2.24) is 0 Å². The van der Waals surface area contributed by atoms with Crippen molar-refractivity contribution >= 4 is 23.1 Å². The van der Waals surface area contributed by atoms with Gasteiger partial charge in [0, 0.05) is 21.3 Å². The lowest BCUT2D eigenvalue weighted by atomic mass is 9.73. The van der Waals surface area contributed by atoms with E-state index in [4.69, 9.17) is 0 Å². The van der Waals surface area contributed by atoms with Crippen LogP contribution in [0.5, 0.6) is 11.5 Å². The molecule has 0 aliphatic carbocycles. The first-order valence-electron chi connectivity index (χ1n) is 9.14. The summed E-state index contributed by atoms with van der Waals surface area (Å²) in [4.78, 5) is 2.17. The summed E-state index contributed by atoms with van der Waals surface area (Å²) in [7, 11) is 0. The standard InChI is InChI=1S/C23H26O2S2/c1-5-15-12-17(6-8-20(15)24)27-18-7-9-21(25)19(13-18)22(23(2,3)4)16-10-11-26-14-16/h6-14,22,24-25H,5H2,1-4H3. The third-order valence-corrected chi connectivity index (χ3v) is 6.40. The molecular formula is C23H26O2S2. The molecule has 0 saturated carbocycles. The number of thiophene rings is 1. The summed E-state index contributed by atoms with van der Waals surface area (Å²) in [6, 6.07) is 13.7. The number of rotatable bonds is 5. The van der Waals surface area contributed by atoms with Crippen molar-refractivity contribution in [3.63, 3.8) is 0 Å². The molecule has 1 aromatic heterocycles. The molecule has 0 radical (unpaired) electrons. The molecule has 0 amide bonds. The van der Waals surface area contributed by atoms with Gasteiger partial charge in [-0.2, -0.15) is 11.3 Å². The molecule has 2 aromatic carbocycles. The Bertz CT molecular complexity index is 909. The largest absolute Gasteiger partial charge is 0.508 e. The molecule has 0 fully saturated rings. The smallest absolute Gasteiger partial charge is 0.119 e. The van der Waals surface area contributed by atoms with Crippen molar-refractivity contribution in [2.75, 3.05) is 0 Å². The first-order chi connectivity index (χ1) is 12.8. The van der Waals surface area contributed by atoms with Gasteiger partial charge in [0.1, 0.15) is 11.5 Å². The maximum atomic E-state index is 10.6. The third-order valence-electron chi connectivity index (χ3n) is 4.72. The normalized spacial score (nSPS) is 12.9. The zero-order valence-electron chi connectivity index (χ0n) is 16.2. The van der Waals surface area contributed by atoms with E-state index in [1.165, 1.54) is 5.56 Å². The van der Waals surface area contributed by atoms with E-state index < -0.39 is 0 Å². The molecule has 0 saturated heterocycles. The quantitative estimate of drug-likeness (QED) is 0.484. The predicted molar refractivity (Wildman–Crippen MR) is 115 cm³/mol. The van der Waals surface area contributed by atoms with E-state index in [1.807, 2.05) is 25.1 Å². The minimum Gasteiger partial charge on any atom is -0.508 e. The van der Waals surface area contributed by atoms with Crippen LogP contribution in [0.25, 0.3) is 0 Å². The predicted octanol–water partition coefficient (Wildman–Crippen LogP) is 7.05. The van der Waals surface area contributed by atoms with Crippen LogP contribution >= 0.6 is 23.1 Å². The molecule has 0 spiro atoms. The fourth-order valence-corrected chi connectivity index (χ4v) is 5.07. The van der Waals surface area contributed by atoms with Gasteiger partial charge in [-0.3, -0.25) is 0 Å². The van der Waals surface area contributed by atoms with Crippen molar-refractivity contribution in [1.29, 1.82) is 0 Å². The molecule has 0 aliphatic heterocycles. The average molecular weight is 399 g/mol. The van der Waals surface area contributed by atoms with Crippen LogP contribution in [0, 0.1) is 5.41 Å². The van der Waals surface area contributed by atoms with Gasteiger partial charge in [-0.25, -0.2) is 0 Å². The minimum atomic E-state index is -0.0181. The maximum Gasteiger partial charge on any atom is 0.119 e. The van der Waals surface area contributed by atoms with E-state index in [9.17, 15) is 10.2 Å². The van der Waals surface area contributed by atoms with Crippen LogP contribution in [0.2, 0.25) is 0 Å². The van der Waals surface area contributed by atoms with Gasteiger partial charge in [0.25, 0.3) is 0 Å². The second-order valence-corrected chi connectivity index (χ2v) is 9.75. The Morgan fingerprint density at radius 1 is 0.963 bits per heavy atom. The first-order valence-corrected chi connectivity index (χ1v) is 10.9. The Morgan fingerprint density at radius 3 is 2.22 bits per heavy atom. The van der Waals surface area contributed by atoms with Gasteiger partial charge in [-0.15, -0.1) is 0 Å². The summed E-state index contributed by atoms with van der Waals surface area (Å²) in [5, 5.41) is 24.8. The molecule has 3 aromatic rings. The molecule has 0 aliphatic rings. The van der Waals surface area contributed by atoms with E-state index in [2.05, 4.69) is 43.7 Å². The van der Waals surface area contributed by atoms with Crippen molar-refractivity contribution < 1.29 is 10.2 Å². The third kappa shape index (κ3) is 4.50. The van der Waals surface area contributed by atoms with Gasteiger partial charge < -0.3 is 10.2 Å². The Labute approximate surface area is 169 Å². The lowest BCUT2D eigenvalue weighted by Crippen LogP contribution is -2.19. The fourth-order valence-electron chi connectivity index (χ4n) is 3.46. The highest BCUT2D eigenvalue weighted by Crippen LogP contribution is 2.46. The van der Waals surface area contributed by atoms with Crippen LogP contribution in [-0.2, 0) is 6.42 Å². The monoisotopic (exact) mass is 398 g/mol. The molecule has 27 heavy (non-hydrogen) atoms. The Morgan fingerprint density at radius 2 is 1.63 bits per heavy atom. The number of hydrogen-bond donors (Lipinski definition) is 2. The SMILES string of the molecule is CCc1cc(Sc2ccc(O)c(C(c3ccsc3)C(C)(C)C)c2)ccc1O. The van der Waals surface area contributed by atoms with Gasteiger partial charge in [0.05, 0.1) is 0 Å². The van der Waals surface area contributed by atoms with Gasteiger partial charge in [0.2, 0.25) is 0 Å². The maximum absolute atomic E-state index is 10.6. The summed E-state index contributed by atoms with van der Waals surface area (Å²) < 4.78 is 0. The highest BCUT2D eigenvalue weighted by molar-refractivity contribution is 7.99. The van der Waals surface area contributed by atoms with Crippen molar-refractivity contribution in [2.45, 2.75) is 49.8 Å². The van der Waals surface area contributed by atoms with Crippen molar-refractivity contribution in [2.24, 2.45) is 5.41 Å². The number of phenols is 2. The summed E-state index contributed by atoms with van der Waals surface area (Å²) >= 11 is 3.34. The van der Waals surface area contributed by atoms with Crippen molar-refractivity contribution in [3.8, 4) is 11.5 Å². The van der Waals surface area contributed by atoms with E-state index >= 15 is 0 Å². The number of hydrogen-bond acceptors (Lipinski definition) is 4. The van der Waals surface area contributed by atoms with E-state index in [-0.39, 0.29) is 11.3 Å². The van der Waals surface area contributed by atoms with Crippen LogP contribution < -0.4 is 0 Å². The molecule has 4 heteroatoms. The van der Waals surface area contributed by atoms with E-state index in [1.54, 1.807) is 35.2 Å². The highest BCUT2D eigenvalue weighted by atomic mass is 32.2. The van der Waals surface area contributed by atoms with Gasteiger partial charge in [-0.05, 0) is 76.2 Å².